The van der Waals surface area contributed by atoms with E-state index in [1.165, 1.54) is 0 Å². The molecule has 0 saturated heterocycles. The third-order valence-corrected chi connectivity index (χ3v) is 2.32. The summed E-state index contributed by atoms with van der Waals surface area (Å²) in [6.07, 6.45) is 0. The summed E-state index contributed by atoms with van der Waals surface area (Å²) >= 11 is 5.70. The van der Waals surface area contributed by atoms with Crippen LogP contribution in [0.15, 0.2) is 29.1 Å². The molecule has 2 nitrogen and oxygen atoms in total. The van der Waals surface area contributed by atoms with Crippen molar-refractivity contribution in [2.24, 2.45) is 0 Å². The number of rotatable bonds is 0. The Labute approximate surface area is 80.2 Å². The van der Waals surface area contributed by atoms with E-state index in [-0.39, 0.29) is 10.6 Å². The molecule has 0 aliphatic carbocycles. The predicted octanol–water partition coefficient (Wildman–Crippen LogP) is 2.49. The van der Waals surface area contributed by atoms with Gasteiger partial charge in [0.05, 0.1) is 5.52 Å². The first kappa shape index (κ1) is 8.32. The molecule has 66 valence electrons. The number of benzene rings is 1. The van der Waals surface area contributed by atoms with Crippen LogP contribution in [0.1, 0.15) is 5.56 Å². The van der Waals surface area contributed by atoms with Gasteiger partial charge in [-0.1, -0.05) is 29.8 Å². The highest BCUT2D eigenvalue weighted by molar-refractivity contribution is 6.31. The number of nitrogens with one attached hydrogen (secondary N) is 1. The molecule has 0 saturated carbocycles. The lowest BCUT2D eigenvalue weighted by Gasteiger charge is -2.00. The fraction of sp³-hybridized carbons (Fsp3) is 0.100. The number of aryl methyl sites for hydroxylation is 1. The van der Waals surface area contributed by atoms with E-state index in [1.54, 1.807) is 6.07 Å². The number of halogens is 1. The van der Waals surface area contributed by atoms with E-state index in [2.05, 4.69) is 4.98 Å². The number of pyridine rings is 1. The van der Waals surface area contributed by atoms with Crippen LogP contribution in [0, 0.1) is 6.92 Å². The molecule has 0 fully saturated rings. The van der Waals surface area contributed by atoms with Crippen LogP contribution in [0.2, 0.25) is 5.02 Å². The van der Waals surface area contributed by atoms with Gasteiger partial charge in [-0.15, -0.1) is 0 Å². The van der Waals surface area contributed by atoms with E-state index in [0.29, 0.717) is 0 Å². The molecule has 0 spiro atoms. The van der Waals surface area contributed by atoms with Crippen LogP contribution in [0.25, 0.3) is 10.9 Å². The van der Waals surface area contributed by atoms with Gasteiger partial charge in [-0.05, 0) is 23.9 Å². The first-order valence-corrected chi connectivity index (χ1v) is 4.34. The Morgan fingerprint density at radius 3 is 2.92 bits per heavy atom. The Bertz CT molecular complexity index is 516. The molecule has 0 atom stereocenters. The highest BCUT2D eigenvalue weighted by Gasteiger charge is 2.00. The highest BCUT2D eigenvalue weighted by Crippen LogP contribution is 2.16. The summed E-state index contributed by atoms with van der Waals surface area (Å²) in [6.45, 7) is 1.95. The van der Waals surface area contributed by atoms with Gasteiger partial charge in [0.15, 0.2) is 0 Å². The van der Waals surface area contributed by atoms with Gasteiger partial charge in [-0.2, -0.15) is 0 Å². The lowest BCUT2D eigenvalue weighted by molar-refractivity contribution is 1.28. The fourth-order valence-electron chi connectivity index (χ4n) is 1.36. The summed E-state index contributed by atoms with van der Waals surface area (Å²) < 4.78 is 0. The van der Waals surface area contributed by atoms with Crippen molar-refractivity contribution in [2.75, 3.05) is 0 Å². The first-order valence-electron chi connectivity index (χ1n) is 3.96. The molecule has 1 aromatic carbocycles. The van der Waals surface area contributed by atoms with Crippen molar-refractivity contribution in [3.8, 4) is 0 Å². The van der Waals surface area contributed by atoms with Crippen LogP contribution in [-0.4, -0.2) is 4.98 Å². The van der Waals surface area contributed by atoms with Gasteiger partial charge in [0.2, 0.25) is 0 Å². The summed E-state index contributed by atoms with van der Waals surface area (Å²) in [5, 5.41) is 1.20. The number of para-hydroxylation sites is 1. The molecule has 1 aromatic heterocycles. The molecule has 1 N–H and O–H groups in total. The molecular weight excluding hydrogens is 186 g/mol. The Kier molecular flexibility index (Phi) is 1.85. The summed E-state index contributed by atoms with van der Waals surface area (Å²) in [7, 11) is 0. The Morgan fingerprint density at radius 2 is 2.15 bits per heavy atom. The Morgan fingerprint density at radius 1 is 1.38 bits per heavy atom. The second-order valence-corrected chi connectivity index (χ2v) is 3.39. The fourth-order valence-corrected chi connectivity index (χ4v) is 1.52. The van der Waals surface area contributed by atoms with Crippen LogP contribution >= 0.6 is 11.6 Å². The molecule has 0 aliphatic rings. The highest BCUT2D eigenvalue weighted by atomic mass is 35.5. The minimum atomic E-state index is -0.233. The summed E-state index contributed by atoms with van der Waals surface area (Å²) in [5.41, 5.74) is 1.67. The molecule has 1 heterocycles. The third-order valence-electron chi connectivity index (χ3n) is 2.04. The van der Waals surface area contributed by atoms with Gasteiger partial charge in [-0.25, -0.2) is 0 Å². The molecule has 0 radical (unpaired) electrons. The van der Waals surface area contributed by atoms with Gasteiger partial charge in [0, 0.05) is 0 Å². The van der Waals surface area contributed by atoms with Crippen molar-refractivity contribution < 1.29 is 0 Å². The van der Waals surface area contributed by atoms with E-state index < -0.39 is 0 Å². The average molecular weight is 194 g/mol. The number of hydrogen-bond acceptors (Lipinski definition) is 1. The zero-order valence-corrected chi connectivity index (χ0v) is 7.85. The van der Waals surface area contributed by atoms with Crippen molar-refractivity contribution in [1.29, 1.82) is 0 Å². The van der Waals surface area contributed by atoms with E-state index in [0.717, 1.165) is 16.5 Å². The molecule has 0 unspecified atom stereocenters. The van der Waals surface area contributed by atoms with Crippen molar-refractivity contribution in [2.45, 2.75) is 6.92 Å². The van der Waals surface area contributed by atoms with Crippen molar-refractivity contribution >= 4 is 22.5 Å². The largest absolute Gasteiger partial charge is 0.320 e. The van der Waals surface area contributed by atoms with Gasteiger partial charge in [0.1, 0.15) is 5.02 Å². The Balaban J connectivity index is 2.97. The second-order valence-electron chi connectivity index (χ2n) is 2.99. The Hall–Kier alpha value is -1.28. The third kappa shape index (κ3) is 1.33. The van der Waals surface area contributed by atoms with E-state index in [4.69, 9.17) is 11.6 Å². The zero-order chi connectivity index (χ0) is 9.42. The second kappa shape index (κ2) is 2.89. The lowest BCUT2D eigenvalue weighted by atomic mass is 10.1. The van der Waals surface area contributed by atoms with Crippen LogP contribution in [0.4, 0.5) is 0 Å². The lowest BCUT2D eigenvalue weighted by Crippen LogP contribution is -2.05. The molecule has 2 aromatic rings. The maximum atomic E-state index is 11.2. The van der Waals surface area contributed by atoms with Crippen LogP contribution in [0.3, 0.4) is 0 Å². The predicted molar refractivity (Wildman–Crippen MR) is 54.3 cm³/mol. The summed E-state index contributed by atoms with van der Waals surface area (Å²) in [5.74, 6) is 0. The minimum Gasteiger partial charge on any atom is -0.320 e. The minimum absolute atomic E-state index is 0.233. The number of aromatic nitrogens is 1. The quantitative estimate of drug-likeness (QED) is 0.685. The average Bonchev–Trinajstić information content (AvgIpc) is 2.09. The summed E-state index contributed by atoms with van der Waals surface area (Å²) in [4.78, 5) is 13.9. The summed E-state index contributed by atoms with van der Waals surface area (Å²) in [6, 6.07) is 7.49. The van der Waals surface area contributed by atoms with Crippen LogP contribution < -0.4 is 5.56 Å². The smallest absolute Gasteiger partial charge is 0.267 e. The topological polar surface area (TPSA) is 32.9 Å². The molecule has 13 heavy (non-hydrogen) atoms. The van der Waals surface area contributed by atoms with Crippen LogP contribution in [0.5, 0.6) is 0 Å². The van der Waals surface area contributed by atoms with E-state index in [1.807, 2.05) is 25.1 Å². The van der Waals surface area contributed by atoms with Crippen LogP contribution in [-0.2, 0) is 0 Å². The van der Waals surface area contributed by atoms with Gasteiger partial charge in [0.25, 0.3) is 5.56 Å². The monoisotopic (exact) mass is 193 g/mol. The van der Waals surface area contributed by atoms with E-state index >= 15 is 0 Å². The van der Waals surface area contributed by atoms with Crippen molar-refractivity contribution in [3.63, 3.8) is 0 Å². The van der Waals surface area contributed by atoms with Gasteiger partial charge in [-0.3, -0.25) is 4.79 Å². The molecule has 2 rings (SSSR count). The first-order chi connectivity index (χ1) is 6.18. The number of H-pyrrole nitrogens is 1. The molecule has 0 aliphatic heterocycles. The number of aromatic amines is 1. The maximum absolute atomic E-state index is 11.2. The van der Waals surface area contributed by atoms with Crippen molar-refractivity contribution in [1.82, 2.24) is 4.98 Å². The molecule has 0 amide bonds. The van der Waals surface area contributed by atoms with Gasteiger partial charge >= 0.3 is 0 Å². The molecule has 0 bridgehead atoms. The number of fused-ring (bicyclic) bond motifs is 1. The maximum Gasteiger partial charge on any atom is 0.267 e. The standard InChI is InChI=1S/C10H8ClNO/c1-6-3-2-4-7-5-8(11)10(13)12-9(6)7/h2-5H,1H3,(H,12,13). The van der Waals surface area contributed by atoms with E-state index in [9.17, 15) is 4.79 Å². The molecule has 3 heteroatoms. The normalized spacial score (nSPS) is 10.6. The van der Waals surface area contributed by atoms with Crippen molar-refractivity contribution in [3.05, 3.63) is 45.2 Å². The van der Waals surface area contributed by atoms with Gasteiger partial charge < -0.3 is 4.98 Å². The zero-order valence-electron chi connectivity index (χ0n) is 7.10. The number of hydrogen-bond donors (Lipinski definition) is 1. The molecular formula is C10H8ClNO. The SMILES string of the molecule is Cc1cccc2cc(Cl)c(=O)[nH]c12.